The molecular weight excluding hydrogens is 465 g/mol. The second kappa shape index (κ2) is 8.24. The fourth-order valence-electron chi connectivity index (χ4n) is 2.50. The number of benzene rings is 3. The molecule has 0 amide bonds. The molecule has 0 radical (unpaired) electrons. The fourth-order valence-corrected chi connectivity index (χ4v) is 4.49. The van der Waals surface area contributed by atoms with Gasteiger partial charge >= 0.3 is 0 Å². The monoisotopic (exact) mass is 483 g/mol. The average molecular weight is 483 g/mol. The molecule has 0 aromatic heterocycles. The second-order valence-electron chi connectivity index (χ2n) is 5.55. The van der Waals surface area contributed by atoms with Crippen LogP contribution in [0.1, 0.15) is 0 Å². The van der Waals surface area contributed by atoms with Crippen LogP contribution < -0.4 is 14.2 Å². The van der Waals surface area contributed by atoms with Crippen LogP contribution in [-0.4, -0.2) is 28.7 Å². The van der Waals surface area contributed by atoms with E-state index >= 15 is 0 Å². The predicted molar refractivity (Wildman–Crippen MR) is 110 cm³/mol. The molecule has 3 rings (SSSR count). The van der Waals surface area contributed by atoms with Crippen LogP contribution in [0.4, 0.5) is 0 Å². The summed E-state index contributed by atoms with van der Waals surface area (Å²) in [5, 5.41) is 2.22. The van der Waals surface area contributed by atoms with Crippen LogP contribution in [0.15, 0.2) is 65.6 Å². The summed E-state index contributed by atoms with van der Waals surface area (Å²) in [6.07, 6.45) is 0. The minimum Gasteiger partial charge on any atom is -0.496 e. The van der Waals surface area contributed by atoms with Crippen molar-refractivity contribution >= 4 is 43.4 Å². The SMILES string of the molecule is COc1ccc(S(=O)(=O)NCCOc2ccc3ccccc3c2)cc1I. The summed E-state index contributed by atoms with van der Waals surface area (Å²) in [7, 11) is -2.04. The Bertz CT molecular complexity index is 1020. The van der Waals surface area contributed by atoms with E-state index in [1.807, 2.05) is 65.1 Å². The lowest BCUT2D eigenvalue weighted by molar-refractivity contribution is 0.323. The van der Waals surface area contributed by atoms with E-state index in [-0.39, 0.29) is 18.0 Å². The highest BCUT2D eigenvalue weighted by atomic mass is 127. The number of halogens is 1. The van der Waals surface area contributed by atoms with Gasteiger partial charge in [-0.3, -0.25) is 0 Å². The molecule has 0 bridgehead atoms. The van der Waals surface area contributed by atoms with Gasteiger partial charge in [0.25, 0.3) is 0 Å². The molecule has 0 atom stereocenters. The maximum atomic E-state index is 12.4. The highest BCUT2D eigenvalue weighted by molar-refractivity contribution is 14.1. The fraction of sp³-hybridized carbons (Fsp3) is 0.158. The van der Waals surface area contributed by atoms with Gasteiger partial charge in [0.05, 0.1) is 15.6 Å². The van der Waals surface area contributed by atoms with E-state index in [1.165, 1.54) is 6.07 Å². The third-order valence-corrected chi connectivity index (χ3v) is 6.12. The molecule has 0 heterocycles. The van der Waals surface area contributed by atoms with Crippen LogP contribution in [-0.2, 0) is 10.0 Å². The van der Waals surface area contributed by atoms with Crippen molar-refractivity contribution in [3.8, 4) is 11.5 Å². The van der Waals surface area contributed by atoms with Crippen LogP contribution in [0.3, 0.4) is 0 Å². The third-order valence-electron chi connectivity index (χ3n) is 3.82. The van der Waals surface area contributed by atoms with Gasteiger partial charge in [-0.25, -0.2) is 13.1 Å². The number of methoxy groups -OCH3 is 1. The van der Waals surface area contributed by atoms with Gasteiger partial charge < -0.3 is 9.47 Å². The Labute approximate surface area is 166 Å². The molecule has 0 saturated carbocycles. The van der Waals surface area contributed by atoms with E-state index in [2.05, 4.69) is 4.72 Å². The van der Waals surface area contributed by atoms with Crippen molar-refractivity contribution < 1.29 is 17.9 Å². The van der Waals surface area contributed by atoms with Crippen molar-refractivity contribution in [1.29, 1.82) is 0 Å². The molecule has 0 aliphatic heterocycles. The molecule has 26 heavy (non-hydrogen) atoms. The lowest BCUT2D eigenvalue weighted by Gasteiger charge is -2.10. The van der Waals surface area contributed by atoms with Crippen molar-refractivity contribution in [1.82, 2.24) is 4.72 Å². The standard InChI is InChI=1S/C19H18INO4S/c1-24-19-9-8-17(13-18(19)20)26(22,23)21-10-11-25-16-7-6-14-4-2-3-5-15(14)12-16/h2-9,12-13,21H,10-11H2,1H3. The summed E-state index contributed by atoms with van der Waals surface area (Å²) in [5.74, 6) is 1.35. The number of rotatable bonds is 7. The third kappa shape index (κ3) is 4.46. The average Bonchev–Trinajstić information content (AvgIpc) is 2.65. The van der Waals surface area contributed by atoms with Gasteiger partial charge in [0.15, 0.2) is 0 Å². The topological polar surface area (TPSA) is 64.6 Å². The van der Waals surface area contributed by atoms with E-state index in [1.54, 1.807) is 19.2 Å². The molecule has 3 aromatic carbocycles. The van der Waals surface area contributed by atoms with Crippen molar-refractivity contribution in [3.05, 3.63) is 64.2 Å². The Morgan fingerprint density at radius 2 is 1.77 bits per heavy atom. The van der Waals surface area contributed by atoms with Gasteiger partial charge in [0.2, 0.25) is 10.0 Å². The first-order valence-corrected chi connectivity index (χ1v) is 10.5. The van der Waals surface area contributed by atoms with Crippen LogP contribution >= 0.6 is 22.6 Å². The van der Waals surface area contributed by atoms with Gasteiger partial charge in [-0.1, -0.05) is 30.3 Å². The van der Waals surface area contributed by atoms with E-state index in [9.17, 15) is 8.42 Å². The smallest absolute Gasteiger partial charge is 0.240 e. The summed E-state index contributed by atoms with van der Waals surface area (Å²) >= 11 is 2.04. The molecule has 136 valence electrons. The van der Waals surface area contributed by atoms with Gasteiger partial charge in [-0.2, -0.15) is 0 Å². The number of ether oxygens (including phenoxy) is 2. The van der Waals surface area contributed by atoms with Gasteiger partial charge in [-0.05, 0) is 63.7 Å². The summed E-state index contributed by atoms with van der Waals surface area (Å²) in [6, 6.07) is 18.5. The highest BCUT2D eigenvalue weighted by Crippen LogP contribution is 2.24. The first-order chi connectivity index (χ1) is 12.5. The summed E-state index contributed by atoms with van der Waals surface area (Å²) in [4.78, 5) is 0.202. The molecule has 0 fully saturated rings. The number of hydrogen-bond acceptors (Lipinski definition) is 4. The van der Waals surface area contributed by atoms with Gasteiger partial charge in [0.1, 0.15) is 18.1 Å². The van der Waals surface area contributed by atoms with E-state index in [4.69, 9.17) is 9.47 Å². The zero-order chi connectivity index (χ0) is 18.6. The Balaban J connectivity index is 1.58. The van der Waals surface area contributed by atoms with Gasteiger partial charge in [0, 0.05) is 6.54 Å². The van der Waals surface area contributed by atoms with Crippen LogP contribution in [0.2, 0.25) is 0 Å². The lowest BCUT2D eigenvalue weighted by atomic mass is 10.1. The Kier molecular flexibility index (Phi) is 6.00. The molecule has 0 spiro atoms. The van der Waals surface area contributed by atoms with Crippen molar-refractivity contribution in [2.75, 3.05) is 20.3 Å². The maximum absolute atomic E-state index is 12.4. The first-order valence-electron chi connectivity index (χ1n) is 7.94. The quantitative estimate of drug-likeness (QED) is 0.410. The van der Waals surface area contributed by atoms with E-state index < -0.39 is 10.0 Å². The summed E-state index contributed by atoms with van der Waals surface area (Å²) in [6.45, 7) is 0.419. The minimum atomic E-state index is -3.59. The summed E-state index contributed by atoms with van der Waals surface area (Å²) < 4.78 is 38.8. The largest absolute Gasteiger partial charge is 0.496 e. The molecule has 0 saturated heterocycles. The number of nitrogens with one attached hydrogen (secondary N) is 1. The molecule has 3 aromatic rings. The van der Waals surface area contributed by atoms with Crippen LogP contribution in [0.5, 0.6) is 11.5 Å². The minimum absolute atomic E-state index is 0.178. The Hall–Kier alpha value is -1.84. The van der Waals surface area contributed by atoms with Crippen molar-refractivity contribution in [2.45, 2.75) is 4.90 Å². The second-order valence-corrected chi connectivity index (χ2v) is 8.48. The van der Waals surface area contributed by atoms with E-state index in [0.29, 0.717) is 11.5 Å². The molecule has 0 unspecified atom stereocenters. The molecular formula is C19H18INO4S. The highest BCUT2D eigenvalue weighted by Gasteiger charge is 2.15. The van der Waals surface area contributed by atoms with E-state index in [0.717, 1.165) is 14.3 Å². The molecule has 0 aliphatic carbocycles. The zero-order valence-electron chi connectivity index (χ0n) is 14.1. The molecule has 0 aliphatic rings. The lowest BCUT2D eigenvalue weighted by Crippen LogP contribution is -2.28. The Morgan fingerprint density at radius 3 is 2.50 bits per heavy atom. The molecule has 1 N–H and O–H groups in total. The number of hydrogen-bond donors (Lipinski definition) is 1. The van der Waals surface area contributed by atoms with Gasteiger partial charge in [-0.15, -0.1) is 0 Å². The normalized spacial score (nSPS) is 11.5. The Morgan fingerprint density at radius 1 is 1.00 bits per heavy atom. The van der Waals surface area contributed by atoms with Crippen molar-refractivity contribution in [3.63, 3.8) is 0 Å². The maximum Gasteiger partial charge on any atom is 0.240 e. The molecule has 5 nitrogen and oxygen atoms in total. The van der Waals surface area contributed by atoms with Crippen LogP contribution in [0, 0.1) is 3.57 Å². The first kappa shape index (κ1) is 18.9. The number of sulfonamides is 1. The molecule has 7 heteroatoms. The van der Waals surface area contributed by atoms with Crippen LogP contribution in [0.25, 0.3) is 10.8 Å². The predicted octanol–water partition coefficient (Wildman–Crippen LogP) is 3.81. The number of fused-ring (bicyclic) bond motifs is 1. The summed E-state index contributed by atoms with van der Waals surface area (Å²) in [5.41, 5.74) is 0. The zero-order valence-corrected chi connectivity index (χ0v) is 17.1. The van der Waals surface area contributed by atoms with Crippen molar-refractivity contribution in [2.24, 2.45) is 0 Å².